The zero-order valence-electron chi connectivity index (χ0n) is 13.1. The van der Waals surface area contributed by atoms with Gasteiger partial charge in [0.15, 0.2) is 0 Å². The lowest BCUT2D eigenvalue weighted by Gasteiger charge is -2.12. The molecule has 0 unspecified atom stereocenters. The summed E-state index contributed by atoms with van der Waals surface area (Å²) in [6.45, 7) is 3.78. The number of nitrogens with one attached hydrogen (secondary N) is 2. The third-order valence-corrected chi connectivity index (χ3v) is 3.56. The minimum absolute atomic E-state index is 0.237. The van der Waals surface area contributed by atoms with E-state index in [4.69, 9.17) is 16.3 Å². The second-order valence-electron chi connectivity index (χ2n) is 5.07. The van der Waals surface area contributed by atoms with E-state index < -0.39 is 11.8 Å². The van der Waals surface area contributed by atoms with E-state index in [0.29, 0.717) is 16.3 Å². The Balaban J connectivity index is 2.10. The molecule has 5 nitrogen and oxygen atoms in total. The molecule has 2 aromatic carbocycles. The van der Waals surface area contributed by atoms with E-state index in [2.05, 4.69) is 10.9 Å². The summed E-state index contributed by atoms with van der Waals surface area (Å²) in [4.78, 5) is 24.3. The third-order valence-electron chi connectivity index (χ3n) is 3.32. The van der Waals surface area contributed by atoms with Crippen molar-refractivity contribution in [3.63, 3.8) is 0 Å². The van der Waals surface area contributed by atoms with Crippen LogP contribution in [0.2, 0.25) is 5.02 Å². The first-order valence-corrected chi connectivity index (χ1v) is 7.31. The summed E-state index contributed by atoms with van der Waals surface area (Å²) < 4.78 is 5.11. The van der Waals surface area contributed by atoms with Gasteiger partial charge in [0.05, 0.1) is 12.7 Å². The van der Waals surface area contributed by atoms with Crippen LogP contribution in [0.25, 0.3) is 0 Å². The molecule has 2 aromatic rings. The van der Waals surface area contributed by atoms with Crippen LogP contribution >= 0.6 is 11.6 Å². The van der Waals surface area contributed by atoms with Crippen molar-refractivity contribution in [2.24, 2.45) is 0 Å². The highest BCUT2D eigenvalue weighted by atomic mass is 35.5. The maximum Gasteiger partial charge on any atom is 0.273 e. The van der Waals surface area contributed by atoms with Gasteiger partial charge in [-0.1, -0.05) is 29.3 Å². The molecule has 0 saturated carbocycles. The molecular weight excluding hydrogens is 316 g/mol. The van der Waals surface area contributed by atoms with E-state index in [-0.39, 0.29) is 5.56 Å². The number of carbonyl (C=O) groups is 2. The molecule has 120 valence electrons. The third kappa shape index (κ3) is 4.02. The van der Waals surface area contributed by atoms with E-state index >= 15 is 0 Å². The standard InChI is InChI=1S/C17H17ClN2O3/c1-10-4-6-13(11(2)8-10)16(21)19-20-17(22)14-9-12(18)5-7-15(14)23-3/h4-9H,1-3H3,(H,19,21)(H,20,22). The van der Waals surface area contributed by atoms with E-state index in [1.807, 2.05) is 26.0 Å². The maximum atomic E-state index is 12.2. The first-order chi connectivity index (χ1) is 10.9. The van der Waals surface area contributed by atoms with Gasteiger partial charge in [0.2, 0.25) is 0 Å². The van der Waals surface area contributed by atoms with Gasteiger partial charge in [-0.2, -0.15) is 0 Å². The average molecular weight is 333 g/mol. The molecule has 0 heterocycles. The molecule has 0 radical (unpaired) electrons. The molecule has 2 rings (SSSR count). The number of hydrogen-bond acceptors (Lipinski definition) is 3. The number of methoxy groups -OCH3 is 1. The lowest BCUT2D eigenvalue weighted by molar-refractivity contribution is 0.0844. The number of halogens is 1. The Hall–Kier alpha value is -2.53. The molecule has 2 amide bonds. The van der Waals surface area contributed by atoms with Crippen LogP contribution in [-0.2, 0) is 0 Å². The number of ether oxygens (including phenoxy) is 1. The first-order valence-electron chi connectivity index (χ1n) is 6.94. The topological polar surface area (TPSA) is 67.4 Å². The van der Waals surface area contributed by atoms with E-state index in [0.717, 1.165) is 11.1 Å². The van der Waals surface area contributed by atoms with E-state index in [9.17, 15) is 9.59 Å². The summed E-state index contributed by atoms with van der Waals surface area (Å²) in [5, 5.41) is 0.400. The molecule has 0 aliphatic carbocycles. The van der Waals surface area contributed by atoms with Gasteiger partial charge in [-0.25, -0.2) is 0 Å². The second kappa shape index (κ2) is 7.15. The Morgan fingerprint density at radius 3 is 2.22 bits per heavy atom. The lowest BCUT2D eigenvalue weighted by atomic mass is 10.1. The smallest absolute Gasteiger partial charge is 0.273 e. The van der Waals surface area contributed by atoms with Crippen LogP contribution in [-0.4, -0.2) is 18.9 Å². The molecule has 0 fully saturated rings. The van der Waals surface area contributed by atoms with Crippen LogP contribution in [0, 0.1) is 13.8 Å². The second-order valence-corrected chi connectivity index (χ2v) is 5.51. The molecule has 0 aliphatic heterocycles. The Morgan fingerprint density at radius 2 is 1.61 bits per heavy atom. The monoisotopic (exact) mass is 332 g/mol. The molecule has 0 bridgehead atoms. The summed E-state index contributed by atoms with van der Waals surface area (Å²) in [6.07, 6.45) is 0. The SMILES string of the molecule is COc1ccc(Cl)cc1C(=O)NNC(=O)c1ccc(C)cc1C. The minimum atomic E-state index is -0.512. The number of rotatable bonds is 3. The van der Waals surface area contributed by atoms with Gasteiger partial charge in [-0.05, 0) is 43.7 Å². The molecule has 6 heteroatoms. The predicted molar refractivity (Wildman–Crippen MR) is 88.9 cm³/mol. The van der Waals surface area contributed by atoms with Crippen molar-refractivity contribution >= 4 is 23.4 Å². The molecule has 0 spiro atoms. The lowest BCUT2D eigenvalue weighted by Crippen LogP contribution is -2.42. The molecule has 23 heavy (non-hydrogen) atoms. The van der Waals surface area contributed by atoms with Crippen molar-refractivity contribution in [3.05, 3.63) is 63.7 Å². The van der Waals surface area contributed by atoms with Crippen molar-refractivity contribution in [3.8, 4) is 5.75 Å². The summed E-state index contributed by atoms with van der Waals surface area (Å²) >= 11 is 5.89. The number of carbonyl (C=O) groups excluding carboxylic acids is 2. The number of amides is 2. The molecule has 0 saturated heterocycles. The van der Waals surface area contributed by atoms with Gasteiger partial charge < -0.3 is 4.74 Å². The fraction of sp³-hybridized carbons (Fsp3) is 0.176. The van der Waals surface area contributed by atoms with Gasteiger partial charge in [0.25, 0.3) is 11.8 Å². The average Bonchev–Trinajstić information content (AvgIpc) is 2.52. The van der Waals surface area contributed by atoms with E-state index in [1.54, 1.807) is 18.2 Å². The Kier molecular flexibility index (Phi) is 5.24. The molecule has 2 N–H and O–H groups in total. The number of benzene rings is 2. The number of hydrazine groups is 1. The fourth-order valence-corrected chi connectivity index (χ4v) is 2.35. The van der Waals surface area contributed by atoms with Gasteiger partial charge in [-0.15, -0.1) is 0 Å². The van der Waals surface area contributed by atoms with Crippen molar-refractivity contribution in [2.45, 2.75) is 13.8 Å². The fourth-order valence-electron chi connectivity index (χ4n) is 2.17. The van der Waals surface area contributed by atoms with Crippen molar-refractivity contribution in [1.29, 1.82) is 0 Å². The van der Waals surface area contributed by atoms with E-state index in [1.165, 1.54) is 13.2 Å². The first kappa shape index (κ1) is 16.8. The van der Waals surface area contributed by atoms with Gasteiger partial charge in [0.1, 0.15) is 5.75 Å². The number of aryl methyl sites for hydroxylation is 2. The Bertz CT molecular complexity index is 759. The van der Waals surface area contributed by atoms with Crippen molar-refractivity contribution in [1.82, 2.24) is 10.9 Å². The van der Waals surface area contributed by atoms with Crippen LogP contribution in [0.3, 0.4) is 0 Å². The quantitative estimate of drug-likeness (QED) is 0.849. The van der Waals surface area contributed by atoms with Crippen LogP contribution in [0.15, 0.2) is 36.4 Å². The molecular formula is C17H17ClN2O3. The maximum absolute atomic E-state index is 12.2. The highest BCUT2D eigenvalue weighted by Gasteiger charge is 2.15. The summed E-state index contributed by atoms with van der Waals surface area (Å²) in [5.41, 5.74) is 7.38. The summed E-state index contributed by atoms with van der Waals surface area (Å²) in [5.74, 6) is -0.535. The van der Waals surface area contributed by atoms with Crippen LogP contribution in [0.5, 0.6) is 5.75 Å². The molecule has 0 atom stereocenters. The van der Waals surface area contributed by atoms with Gasteiger partial charge in [0, 0.05) is 10.6 Å². The summed E-state index contributed by atoms with van der Waals surface area (Å²) in [7, 11) is 1.45. The summed E-state index contributed by atoms with van der Waals surface area (Å²) in [6, 6.07) is 10.1. The molecule has 0 aliphatic rings. The Morgan fingerprint density at radius 1 is 0.957 bits per heavy atom. The van der Waals surface area contributed by atoms with Crippen molar-refractivity contribution < 1.29 is 14.3 Å². The zero-order valence-corrected chi connectivity index (χ0v) is 13.8. The largest absolute Gasteiger partial charge is 0.496 e. The predicted octanol–water partition coefficient (Wildman–Crippen LogP) is 3.04. The minimum Gasteiger partial charge on any atom is -0.496 e. The normalized spacial score (nSPS) is 10.1. The van der Waals surface area contributed by atoms with Gasteiger partial charge >= 0.3 is 0 Å². The molecule has 0 aromatic heterocycles. The van der Waals surface area contributed by atoms with Crippen LogP contribution in [0.4, 0.5) is 0 Å². The Labute approximate surface area is 139 Å². The number of hydrogen-bond donors (Lipinski definition) is 2. The highest BCUT2D eigenvalue weighted by Crippen LogP contribution is 2.22. The zero-order chi connectivity index (χ0) is 17.0. The highest BCUT2D eigenvalue weighted by molar-refractivity contribution is 6.31. The van der Waals surface area contributed by atoms with Crippen LogP contribution in [0.1, 0.15) is 31.8 Å². The van der Waals surface area contributed by atoms with Gasteiger partial charge in [-0.3, -0.25) is 20.4 Å². The van der Waals surface area contributed by atoms with Crippen LogP contribution < -0.4 is 15.6 Å². The van der Waals surface area contributed by atoms with Crippen molar-refractivity contribution in [2.75, 3.05) is 7.11 Å².